The molecule has 1 N–H and O–H groups in total. The van der Waals surface area contributed by atoms with Gasteiger partial charge >= 0.3 is 6.09 Å². The van der Waals surface area contributed by atoms with Crippen molar-refractivity contribution in [2.45, 2.75) is 39.2 Å². The molecule has 0 aromatic heterocycles. The Bertz CT molecular complexity index is 651. The smallest absolute Gasteiger partial charge is 0.410 e. The summed E-state index contributed by atoms with van der Waals surface area (Å²) in [5.41, 5.74) is -0.247. The molecule has 25 heavy (non-hydrogen) atoms. The number of carbonyl (C=O) groups is 2. The fourth-order valence-corrected chi connectivity index (χ4v) is 3.48. The highest BCUT2D eigenvalue weighted by atomic mass is 35.5. The molecule has 1 saturated heterocycles. The maximum absolute atomic E-state index is 12.6. The minimum Gasteiger partial charge on any atom is -0.444 e. The number of piperidine rings is 1. The molecular formula is C17H21Cl3N2O3. The second-order valence-corrected chi connectivity index (χ2v) is 8.25. The molecule has 0 bridgehead atoms. The predicted octanol–water partition coefficient (Wildman–Crippen LogP) is 5.23. The molecule has 0 aliphatic carbocycles. The summed E-state index contributed by atoms with van der Waals surface area (Å²) in [6.07, 6.45) is 0.987. The summed E-state index contributed by atoms with van der Waals surface area (Å²) in [7, 11) is 0. The van der Waals surface area contributed by atoms with Crippen molar-refractivity contribution in [1.82, 2.24) is 4.90 Å². The molecule has 1 unspecified atom stereocenters. The van der Waals surface area contributed by atoms with E-state index >= 15 is 0 Å². The molecule has 138 valence electrons. The topological polar surface area (TPSA) is 58.6 Å². The Labute approximate surface area is 162 Å². The summed E-state index contributed by atoms with van der Waals surface area (Å²) in [4.78, 5) is 26.3. The van der Waals surface area contributed by atoms with Crippen LogP contribution in [0.25, 0.3) is 0 Å². The fourth-order valence-electron chi connectivity index (χ4n) is 2.57. The lowest BCUT2D eigenvalue weighted by molar-refractivity contribution is -0.121. The number of rotatable bonds is 2. The average molecular weight is 408 g/mol. The van der Waals surface area contributed by atoms with Crippen LogP contribution < -0.4 is 5.32 Å². The number of nitrogens with zero attached hydrogens (tertiary/aromatic N) is 1. The van der Waals surface area contributed by atoms with Crippen molar-refractivity contribution in [3.8, 4) is 0 Å². The number of nitrogens with one attached hydrogen (secondary N) is 1. The van der Waals surface area contributed by atoms with E-state index in [1.165, 1.54) is 12.1 Å². The zero-order valence-corrected chi connectivity index (χ0v) is 16.6. The van der Waals surface area contributed by atoms with Gasteiger partial charge in [-0.2, -0.15) is 0 Å². The first kappa shape index (κ1) is 20.1. The number of halogens is 3. The number of likely N-dealkylation sites (tertiary alicyclic amines) is 1. The van der Waals surface area contributed by atoms with Gasteiger partial charge < -0.3 is 15.0 Å². The third-order valence-corrected chi connectivity index (χ3v) is 4.51. The van der Waals surface area contributed by atoms with Crippen LogP contribution in [0.5, 0.6) is 0 Å². The minimum absolute atomic E-state index is 0.237. The van der Waals surface area contributed by atoms with E-state index in [-0.39, 0.29) is 21.9 Å². The highest BCUT2D eigenvalue weighted by molar-refractivity contribution is 6.42. The van der Waals surface area contributed by atoms with Crippen LogP contribution in [-0.2, 0) is 9.53 Å². The van der Waals surface area contributed by atoms with E-state index in [9.17, 15) is 9.59 Å². The Balaban J connectivity index is 2.04. The molecule has 0 radical (unpaired) electrons. The molecule has 2 rings (SSSR count). The number of amides is 2. The third-order valence-electron chi connectivity index (χ3n) is 3.70. The van der Waals surface area contributed by atoms with Gasteiger partial charge in [0, 0.05) is 18.1 Å². The van der Waals surface area contributed by atoms with Crippen LogP contribution >= 0.6 is 34.8 Å². The van der Waals surface area contributed by atoms with E-state index in [0.717, 1.165) is 6.42 Å². The molecule has 1 aliphatic heterocycles. The van der Waals surface area contributed by atoms with Crippen LogP contribution in [0, 0.1) is 5.92 Å². The Morgan fingerprint density at radius 1 is 1.20 bits per heavy atom. The summed E-state index contributed by atoms with van der Waals surface area (Å²) >= 11 is 18.1. The predicted molar refractivity (Wildman–Crippen MR) is 101 cm³/mol. The van der Waals surface area contributed by atoms with Crippen molar-refractivity contribution in [2.24, 2.45) is 5.92 Å². The lowest BCUT2D eigenvalue weighted by Crippen LogP contribution is -2.45. The molecular weight excluding hydrogens is 387 g/mol. The molecule has 2 amide bonds. The lowest BCUT2D eigenvalue weighted by atomic mass is 9.97. The molecule has 1 fully saturated rings. The molecule has 1 aromatic carbocycles. The standard InChI is InChI=1S/C17H21Cl3N2O3/c1-17(2,3)25-16(24)22-6-4-5-10(9-22)15(23)21-14-12(19)7-11(18)8-13(14)20/h7-8,10H,4-6,9H2,1-3H3,(H,21,23). The third kappa shape index (κ3) is 5.66. The second kappa shape index (κ2) is 8.02. The van der Waals surface area contributed by atoms with Crippen LogP contribution in [0.2, 0.25) is 15.1 Å². The van der Waals surface area contributed by atoms with Gasteiger partial charge in [0.05, 0.1) is 21.7 Å². The summed E-state index contributed by atoms with van der Waals surface area (Å²) < 4.78 is 5.37. The lowest BCUT2D eigenvalue weighted by Gasteiger charge is -2.33. The zero-order chi connectivity index (χ0) is 18.8. The van der Waals surface area contributed by atoms with Gasteiger partial charge in [-0.15, -0.1) is 0 Å². The highest BCUT2D eigenvalue weighted by Crippen LogP contribution is 2.34. The molecule has 0 saturated carbocycles. The number of hydrogen-bond donors (Lipinski definition) is 1. The van der Waals surface area contributed by atoms with Crippen molar-refractivity contribution in [3.63, 3.8) is 0 Å². The van der Waals surface area contributed by atoms with Crippen molar-refractivity contribution < 1.29 is 14.3 Å². The van der Waals surface area contributed by atoms with Gasteiger partial charge in [0.15, 0.2) is 0 Å². The van der Waals surface area contributed by atoms with Gasteiger partial charge in [-0.1, -0.05) is 34.8 Å². The maximum Gasteiger partial charge on any atom is 0.410 e. The van der Waals surface area contributed by atoms with Gasteiger partial charge in [0.1, 0.15) is 5.60 Å². The van der Waals surface area contributed by atoms with Gasteiger partial charge in [-0.25, -0.2) is 4.79 Å². The first-order valence-corrected chi connectivity index (χ1v) is 9.13. The molecule has 1 heterocycles. The van der Waals surface area contributed by atoms with Crippen LogP contribution in [0.3, 0.4) is 0 Å². The van der Waals surface area contributed by atoms with E-state index < -0.39 is 11.7 Å². The monoisotopic (exact) mass is 406 g/mol. The molecule has 0 spiro atoms. The summed E-state index contributed by atoms with van der Waals surface area (Å²) in [5, 5.41) is 3.67. The SMILES string of the molecule is CC(C)(C)OC(=O)N1CCCC(C(=O)Nc2c(Cl)cc(Cl)cc2Cl)C1. The van der Waals surface area contributed by atoms with Crippen molar-refractivity contribution in [3.05, 3.63) is 27.2 Å². The number of hydrogen-bond acceptors (Lipinski definition) is 3. The Hall–Kier alpha value is -1.17. The molecule has 1 aromatic rings. The van der Waals surface area contributed by atoms with Gasteiger partial charge in [-0.3, -0.25) is 4.79 Å². The van der Waals surface area contributed by atoms with E-state index in [2.05, 4.69) is 5.32 Å². The first-order chi connectivity index (χ1) is 11.6. The van der Waals surface area contributed by atoms with Crippen LogP contribution in [0.1, 0.15) is 33.6 Å². The van der Waals surface area contributed by atoms with E-state index in [1.54, 1.807) is 4.90 Å². The van der Waals surface area contributed by atoms with Crippen LogP contribution in [-0.4, -0.2) is 35.6 Å². The number of anilines is 1. The number of ether oxygens (including phenoxy) is 1. The number of benzene rings is 1. The maximum atomic E-state index is 12.6. The van der Waals surface area contributed by atoms with Crippen LogP contribution in [0.4, 0.5) is 10.5 Å². The summed E-state index contributed by atoms with van der Waals surface area (Å²) in [5.74, 6) is -0.594. The fraction of sp³-hybridized carbons (Fsp3) is 0.529. The Morgan fingerprint density at radius 2 is 1.80 bits per heavy atom. The summed E-state index contributed by atoms with van der Waals surface area (Å²) in [6.45, 7) is 6.29. The van der Waals surface area contributed by atoms with E-state index in [1.807, 2.05) is 20.8 Å². The van der Waals surface area contributed by atoms with E-state index in [4.69, 9.17) is 39.5 Å². The molecule has 1 atom stereocenters. The van der Waals surface area contributed by atoms with Crippen LogP contribution in [0.15, 0.2) is 12.1 Å². The van der Waals surface area contributed by atoms with E-state index in [0.29, 0.717) is 30.2 Å². The normalized spacial score (nSPS) is 18.0. The van der Waals surface area contributed by atoms with Gasteiger partial charge in [0.2, 0.25) is 5.91 Å². The van der Waals surface area contributed by atoms with Gasteiger partial charge in [0.25, 0.3) is 0 Å². The Kier molecular flexibility index (Phi) is 6.46. The quantitative estimate of drug-likeness (QED) is 0.730. The molecule has 1 aliphatic rings. The average Bonchev–Trinajstić information content (AvgIpc) is 2.49. The highest BCUT2D eigenvalue weighted by Gasteiger charge is 2.31. The largest absolute Gasteiger partial charge is 0.444 e. The van der Waals surface area contributed by atoms with Gasteiger partial charge in [-0.05, 0) is 45.7 Å². The van der Waals surface area contributed by atoms with Crippen molar-refractivity contribution in [2.75, 3.05) is 18.4 Å². The second-order valence-electron chi connectivity index (χ2n) is 7.00. The summed E-state index contributed by atoms with van der Waals surface area (Å²) in [6, 6.07) is 3.02. The zero-order valence-electron chi connectivity index (χ0n) is 14.4. The van der Waals surface area contributed by atoms with Crippen molar-refractivity contribution in [1.29, 1.82) is 0 Å². The van der Waals surface area contributed by atoms with Crippen molar-refractivity contribution >= 4 is 52.5 Å². The number of carbonyl (C=O) groups excluding carboxylic acids is 2. The molecule has 8 heteroatoms. The Morgan fingerprint density at radius 3 is 2.36 bits per heavy atom. The first-order valence-electron chi connectivity index (χ1n) is 8.00. The minimum atomic E-state index is -0.573. The molecule has 5 nitrogen and oxygen atoms in total.